The lowest BCUT2D eigenvalue weighted by Crippen LogP contribution is -2.39. The molecule has 30 heavy (non-hydrogen) atoms. The van der Waals surface area contributed by atoms with Crippen LogP contribution in [0.5, 0.6) is 5.75 Å². The van der Waals surface area contributed by atoms with Crippen LogP contribution in [-0.4, -0.2) is 29.9 Å². The average molecular weight is 421 g/mol. The Morgan fingerprint density at radius 3 is 2.60 bits per heavy atom. The molecule has 4 rings (SSSR count). The van der Waals surface area contributed by atoms with E-state index in [0.717, 1.165) is 11.1 Å². The van der Waals surface area contributed by atoms with E-state index in [9.17, 15) is 9.59 Å². The number of amides is 2. The fourth-order valence-electron chi connectivity index (χ4n) is 3.74. The van der Waals surface area contributed by atoms with Crippen molar-refractivity contribution in [2.45, 2.75) is 13.0 Å². The molecule has 0 bridgehead atoms. The molecule has 1 unspecified atom stereocenters. The molecular weight excluding hydrogens is 400 g/mol. The Balaban J connectivity index is 1.87. The summed E-state index contributed by atoms with van der Waals surface area (Å²) in [6.07, 6.45) is 0. The zero-order valence-electron chi connectivity index (χ0n) is 16.5. The number of ether oxygens (including phenoxy) is 1. The molecule has 0 fully saturated rings. The summed E-state index contributed by atoms with van der Waals surface area (Å²) in [7, 11) is 0. The highest BCUT2D eigenvalue weighted by Crippen LogP contribution is 2.38. The van der Waals surface area contributed by atoms with Crippen LogP contribution in [0.15, 0.2) is 72.8 Å². The number of para-hydroxylation sites is 1. The molecule has 3 aromatic rings. The molecule has 0 saturated heterocycles. The number of fused-ring (bicyclic) bond motifs is 1. The minimum Gasteiger partial charge on any atom is -0.493 e. The number of carbonyl (C=O) groups excluding carboxylic acids is 2. The SMILES string of the molecule is CCOc1ccccc1C(=O)N1CC(=O)Nc2cc(Cl)ccc2C1c1ccccc1. The quantitative estimate of drug-likeness (QED) is 0.651. The van der Waals surface area contributed by atoms with Crippen molar-refractivity contribution < 1.29 is 14.3 Å². The van der Waals surface area contributed by atoms with Gasteiger partial charge in [-0.05, 0) is 36.8 Å². The van der Waals surface area contributed by atoms with Crippen LogP contribution in [0.2, 0.25) is 5.02 Å². The molecule has 0 aliphatic carbocycles. The van der Waals surface area contributed by atoms with E-state index in [0.29, 0.717) is 28.6 Å². The van der Waals surface area contributed by atoms with Crippen molar-refractivity contribution in [3.8, 4) is 5.75 Å². The van der Waals surface area contributed by atoms with Gasteiger partial charge in [-0.1, -0.05) is 60.1 Å². The first-order valence-corrected chi connectivity index (χ1v) is 10.1. The molecule has 6 heteroatoms. The number of nitrogens with zero attached hydrogens (tertiary/aromatic N) is 1. The Bertz CT molecular complexity index is 1080. The average Bonchev–Trinajstić information content (AvgIpc) is 2.89. The van der Waals surface area contributed by atoms with Crippen molar-refractivity contribution in [2.24, 2.45) is 0 Å². The third-order valence-corrected chi connectivity index (χ3v) is 5.24. The van der Waals surface area contributed by atoms with Crippen LogP contribution >= 0.6 is 11.6 Å². The second-order valence-corrected chi connectivity index (χ2v) is 7.39. The second kappa shape index (κ2) is 8.59. The van der Waals surface area contributed by atoms with Gasteiger partial charge in [0.15, 0.2) is 0 Å². The molecule has 1 N–H and O–H groups in total. The number of benzene rings is 3. The summed E-state index contributed by atoms with van der Waals surface area (Å²) in [5.41, 5.74) is 2.73. The van der Waals surface area contributed by atoms with Gasteiger partial charge in [0.1, 0.15) is 12.3 Å². The molecule has 1 aliphatic rings. The molecule has 152 valence electrons. The predicted molar refractivity (Wildman–Crippen MR) is 117 cm³/mol. The number of rotatable bonds is 4. The summed E-state index contributed by atoms with van der Waals surface area (Å²) < 4.78 is 5.67. The van der Waals surface area contributed by atoms with Gasteiger partial charge in [-0.3, -0.25) is 9.59 Å². The fraction of sp³-hybridized carbons (Fsp3) is 0.167. The van der Waals surface area contributed by atoms with Crippen molar-refractivity contribution in [3.63, 3.8) is 0 Å². The van der Waals surface area contributed by atoms with Gasteiger partial charge in [-0.2, -0.15) is 0 Å². The van der Waals surface area contributed by atoms with Gasteiger partial charge < -0.3 is 15.0 Å². The lowest BCUT2D eigenvalue weighted by atomic mass is 9.95. The van der Waals surface area contributed by atoms with E-state index >= 15 is 0 Å². The first kappa shape index (κ1) is 20.0. The Morgan fingerprint density at radius 1 is 1.10 bits per heavy atom. The van der Waals surface area contributed by atoms with Crippen molar-refractivity contribution >= 4 is 29.1 Å². The Labute approximate surface area is 180 Å². The maximum atomic E-state index is 13.7. The minimum absolute atomic E-state index is 0.0921. The van der Waals surface area contributed by atoms with E-state index in [1.54, 1.807) is 35.2 Å². The number of anilines is 1. The lowest BCUT2D eigenvalue weighted by Gasteiger charge is -2.31. The first-order valence-electron chi connectivity index (χ1n) is 9.75. The van der Waals surface area contributed by atoms with E-state index in [1.165, 1.54) is 0 Å². The maximum absolute atomic E-state index is 13.7. The second-order valence-electron chi connectivity index (χ2n) is 6.96. The van der Waals surface area contributed by atoms with Gasteiger partial charge in [0.25, 0.3) is 5.91 Å². The Morgan fingerprint density at radius 2 is 1.83 bits per heavy atom. The number of halogens is 1. The monoisotopic (exact) mass is 420 g/mol. The number of hydrogen-bond acceptors (Lipinski definition) is 3. The summed E-state index contributed by atoms with van der Waals surface area (Å²) in [6, 6.07) is 21.6. The molecule has 0 saturated carbocycles. The van der Waals surface area contributed by atoms with Crippen LogP contribution in [0.4, 0.5) is 5.69 Å². The Hall–Kier alpha value is -3.31. The van der Waals surface area contributed by atoms with E-state index in [2.05, 4.69) is 5.32 Å². The minimum atomic E-state index is -0.459. The largest absolute Gasteiger partial charge is 0.493 e. The van der Waals surface area contributed by atoms with Gasteiger partial charge in [0.05, 0.1) is 18.2 Å². The van der Waals surface area contributed by atoms with Crippen LogP contribution in [0, 0.1) is 0 Å². The van der Waals surface area contributed by atoms with Crippen molar-refractivity contribution in [1.82, 2.24) is 4.90 Å². The van der Waals surface area contributed by atoms with Gasteiger partial charge in [0, 0.05) is 16.3 Å². The fourth-order valence-corrected chi connectivity index (χ4v) is 3.91. The van der Waals surface area contributed by atoms with Gasteiger partial charge >= 0.3 is 0 Å². The zero-order valence-corrected chi connectivity index (χ0v) is 17.2. The molecule has 0 spiro atoms. The van der Waals surface area contributed by atoms with Crippen LogP contribution in [0.1, 0.15) is 34.5 Å². The van der Waals surface area contributed by atoms with Crippen LogP contribution in [0.25, 0.3) is 0 Å². The molecule has 1 aliphatic heterocycles. The number of nitrogens with one attached hydrogen (secondary N) is 1. The van der Waals surface area contributed by atoms with Gasteiger partial charge in [0.2, 0.25) is 5.91 Å². The summed E-state index contributed by atoms with van der Waals surface area (Å²) in [4.78, 5) is 28.0. The summed E-state index contributed by atoms with van der Waals surface area (Å²) >= 11 is 6.17. The highest BCUT2D eigenvalue weighted by Gasteiger charge is 2.34. The molecular formula is C24H21ClN2O3. The van der Waals surface area contributed by atoms with Crippen LogP contribution < -0.4 is 10.1 Å². The van der Waals surface area contributed by atoms with E-state index < -0.39 is 6.04 Å². The topological polar surface area (TPSA) is 58.6 Å². The normalized spacial score (nSPS) is 15.7. The zero-order chi connectivity index (χ0) is 21.1. The summed E-state index contributed by atoms with van der Waals surface area (Å²) in [5.74, 6) is -0.0529. The van der Waals surface area contributed by atoms with E-state index in [4.69, 9.17) is 16.3 Å². The predicted octanol–water partition coefficient (Wildman–Crippen LogP) is 4.92. The highest BCUT2D eigenvalue weighted by molar-refractivity contribution is 6.31. The van der Waals surface area contributed by atoms with Gasteiger partial charge in [-0.15, -0.1) is 0 Å². The highest BCUT2D eigenvalue weighted by atomic mass is 35.5. The first-order chi connectivity index (χ1) is 14.6. The molecule has 1 heterocycles. The van der Waals surface area contributed by atoms with Crippen molar-refractivity contribution in [2.75, 3.05) is 18.5 Å². The third kappa shape index (κ3) is 3.89. The molecule has 0 radical (unpaired) electrons. The summed E-state index contributed by atoms with van der Waals surface area (Å²) in [6.45, 7) is 2.22. The van der Waals surface area contributed by atoms with Crippen LogP contribution in [0.3, 0.4) is 0 Å². The van der Waals surface area contributed by atoms with Crippen LogP contribution in [-0.2, 0) is 4.79 Å². The lowest BCUT2D eigenvalue weighted by molar-refractivity contribution is -0.117. The molecule has 0 aromatic heterocycles. The van der Waals surface area contributed by atoms with Crippen molar-refractivity contribution in [1.29, 1.82) is 0 Å². The summed E-state index contributed by atoms with van der Waals surface area (Å²) in [5, 5.41) is 3.41. The number of carbonyl (C=O) groups is 2. The third-order valence-electron chi connectivity index (χ3n) is 5.00. The van der Waals surface area contributed by atoms with Gasteiger partial charge in [-0.25, -0.2) is 0 Å². The van der Waals surface area contributed by atoms with Crippen molar-refractivity contribution in [3.05, 3.63) is 94.5 Å². The number of hydrogen-bond donors (Lipinski definition) is 1. The standard InChI is InChI=1S/C24H21ClN2O3/c1-2-30-21-11-7-6-10-19(21)24(29)27-15-22(28)26-20-14-17(25)12-13-18(20)23(27)16-8-4-3-5-9-16/h3-14,23H,2,15H2,1H3,(H,26,28). The maximum Gasteiger partial charge on any atom is 0.258 e. The molecule has 1 atom stereocenters. The van der Waals surface area contributed by atoms with E-state index in [1.807, 2.05) is 49.4 Å². The van der Waals surface area contributed by atoms with E-state index in [-0.39, 0.29) is 18.4 Å². The smallest absolute Gasteiger partial charge is 0.258 e. The Kier molecular flexibility index (Phi) is 5.72. The molecule has 3 aromatic carbocycles. The molecule has 2 amide bonds. The molecule has 5 nitrogen and oxygen atoms in total.